The van der Waals surface area contributed by atoms with Gasteiger partial charge in [-0.05, 0) is 39.7 Å². The van der Waals surface area contributed by atoms with Crippen LogP contribution < -0.4 is 15.4 Å². The molecule has 6 aliphatic heterocycles. The van der Waals surface area contributed by atoms with Crippen molar-refractivity contribution >= 4 is 35.1 Å². The second-order valence-corrected chi connectivity index (χ2v) is 20.1. The van der Waals surface area contributed by atoms with E-state index in [-0.39, 0.29) is 62.5 Å². The van der Waals surface area contributed by atoms with Gasteiger partial charge >= 0.3 is 17.7 Å². The van der Waals surface area contributed by atoms with Crippen LogP contribution in [0.2, 0.25) is 0 Å². The van der Waals surface area contributed by atoms with Crippen molar-refractivity contribution in [3.8, 4) is 11.5 Å². The number of hydrogen-bond acceptors (Lipinski definition) is 15. The average Bonchev–Trinajstić information content (AvgIpc) is 3.75. The van der Waals surface area contributed by atoms with E-state index < -0.39 is 95.1 Å². The van der Waals surface area contributed by atoms with Crippen molar-refractivity contribution in [3.05, 3.63) is 69.8 Å². The summed E-state index contributed by atoms with van der Waals surface area (Å²) in [7, 11) is 1.46. The number of likely N-dealkylation sites (tertiary alicyclic amines) is 1. The normalized spacial score (nSPS) is 33.4. The number of ketones is 2. The SMILES string of the molecule is CO[C@H]1/C=C/O[C@@]2(C)Oc3c(C)c(O)c4c(c3C2=O)C2=NC3(CCN(CC(C)C)CC3)NC2=C(NC(=O)/C(C)=C\C=C\[C@H](C)[C@@H]2OC(C)(C)O[C@@H]([C@@H](C)[C@H](OC(=O)CC(=O)O)[C@@H]1C)[C@@H]2C)C4=O. The number of phenolic OH excluding ortho intramolecular Hbond substituents is 1. The number of rotatable bonds is 6. The van der Waals surface area contributed by atoms with E-state index in [2.05, 4.69) is 29.4 Å². The predicted octanol–water partition coefficient (Wildman–Crippen LogP) is 5.87. The Morgan fingerprint density at radius 1 is 0.940 bits per heavy atom. The lowest BCUT2D eigenvalue weighted by atomic mass is 9.77. The first-order chi connectivity index (χ1) is 31.4. The fraction of sp³-hybridized carbons (Fsp3) is 0.600. The van der Waals surface area contributed by atoms with Crippen molar-refractivity contribution in [1.29, 1.82) is 0 Å². The van der Waals surface area contributed by atoms with Crippen LogP contribution >= 0.6 is 0 Å². The number of Topliss-reactive ketones (excluding diaryl/α,β-unsaturated/α-hetero) is 2. The highest BCUT2D eigenvalue weighted by Gasteiger charge is 2.55. The van der Waals surface area contributed by atoms with Crippen LogP contribution in [0.3, 0.4) is 0 Å². The summed E-state index contributed by atoms with van der Waals surface area (Å²) in [5.41, 5.74) is -0.201. The summed E-state index contributed by atoms with van der Waals surface area (Å²) in [5, 5.41) is 27.7. The third-order valence-electron chi connectivity index (χ3n) is 14.0. The number of carboxylic acid groups (broad SMARTS) is 1. The third kappa shape index (κ3) is 9.44. The van der Waals surface area contributed by atoms with E-state index in [0.29, 0.717) is 31.8 Å². The minimum absolute atomic E-state index is 0.000221. The highest BCUT2D eigenvalue weighted by Crippen LogP contribution is 2.50. The van der Waals surface area contributed by atoms with Crippen LogP contribution in [0.4, 0.5) is 0 Å². The molecule has 364 valence electrons. The van der Waals surface area contributed by atoms with Gasteiger partial charge in [-0.3, -0.25) is 29.0 Å². The molecule has 0 radical (unpaired) electrons. The number of carbonyl (C=O) groups excluding carboxylic acids is 4. The number of methoxy groups -OCH3 is 1. The number of amides is 1. The molecule has 1 aromatic rings. The number of fused-ring (bicyclic) bond motifs is 9. The van der Waals surface area contributed by atoms with Gasteiger partial charge in [0.1, 0.15) is 35.4 Å². The van der Waals surface area contributed by atoms with Crippen molar-refractivity contribution in [1.82, 2.24) is 15.5 Å². The molecule has 1 spiro atoms. The first kappa shape index (κ1) is 49.5. The molecule has 7 aliphatic rings. The minimum Gasteiger partial charge on any atom is -0.507 e. The molecule has 1 amide bonds. The molecule has 9 atom stereocenters. The lowest BCUT2D eigenvalue weighted by molar-refractivity contribution is -0.336. The maximum Gasteiger partial charge on any atom is 0.317 e. The van der Waals surface area contributed by atoms with Crippen molar-refractivity contribution < 1.29 is 62.6 Å². The number of allylic oxidation sites excluding steroid dienone is 4. The van der Waals surface area contributed by atoms with Gasteiger partial charge in [0.05, 0.1) is 47.1 Å². The monoisotopic (exact) mass is 930 g/mol. The van der Waals surface area contributed by atoms with E-state index in [1.165, 1.54) is 27.2 Å². The zero-order valence-electron chi connectivity index (χ0n) is 40.6. The maximum absolute atomic E-state index is 14.9. The molecule has 1 aromatic carbocycles. The third-order valence-corrected chi connectivity index (χ3v) is 14.0. The summed E-state index contributed by atoms with van der Waals surface area (Å²) >= 11 is 0. The van der Waals surface area contributed by atoms with Gasteiger partial charge in [0, 0.05) is 86.9 Å². The second-order valence-electron chi connectivity index (χ2n) is 20.1. The molecular weight excluding hydrogens is 865 g/mol. The highest BCUT2D eigenvalue weighted by atomic mass is 16.7. The molecule has 4 N–H and O–H groups in total. The summed E-state index contributed by atoms with van der Waals surface area (Å²) in [6.45, 7) is 22.4. The van der Waals surface area contributed by atoms with Gasteiger partial charge in [-0.25, -0.2) is 0 Å². The fourth-order valence-electron chi connectivity index (χ4n) is 10.5. The summed E-state index contributed by atoms with van der Waals surface area (Å²) < 4.78 is 37.5. The number of aliphatic carboxylic acids is 1. The Labute approximate surface area is 392 Å². The molecule has 1 aliphatic carbocycles. The van der Waals surface area contributed by atoms with E-state index in [1.54, 1.807) is 45.9 Å². The molecule has 8 rings (SSSR count). The number of ether oxygens (including phenoxy) is 6. The van der Waals surface area contributed by atoms with E-state index in [1.807, 2.05) is 26.8 Å². The Morgan fingerprint density at radius 2 is 1.61 bits per heavy atom. The molecular formula is C50H66N4O13. The molecule has 17 heteroatoms. The van der Waals surface area contributed by atoms with Crippen molar-refractivity contribution in [2.24, 2.45) is 34.6 Å². The number of carbonyl (C=O) groups is 5. The van der Waals surface area contributed by atoms with E-state index >= 15 is 0 Å². The number of nitrogens with one attached hydrogen (secondary N) is 2. The summed E-state index contributed by atoms with van der Waals surface area (Å²) in [6.07, 6.45) is 5.60. The number of piperidine rings is 1. The van der Waals surface area contributed by atoms with Crippen LogP contribution in [0.15, 0.2) is 52.5 Å². The van der Waals surface area contributed by atoms with Gasteiger partial charge in [-0.1, -0.05) is 59.8 Å². The second kappa shape index (κ2) is 18.6. The zero-order valence-corrected chi connectivity index (χ0v) is 40.6. The number of aliphatic imine (C=N–C) groups is 1. The number of benzene rings is 1. The molecule has 0 aromatic heterocycles. The molecule has 2 fully saturated rings. The molecule has 67 heavy (non-hydrogen) atoms. The Hall–Kier alpha value is -5.36. The van der Waals surface area contributed by atoms with Crippen molar-refractivity contribution in [3.63, 3.8) is 0 Å². The number of phenols is 1. The lowest BCUT2D eigenvalue weighted by Gasteiger charge is -2.50. The summed E-state index contributed by atoms with van der Waals surface area (Å²) in [5.74, 6) is -8.96. The van der Waals surface area contributed by atoms with Crippen molar-refractivity contribution in [2.75, 3.05) is 26.7 Å². The number of nitrogens with zero attached hydrogens (tertiary/aromatic N) is 2. The van der Waals surface area contributed by atoms with Crippen LogP contribution in [0.25, 0.3) is 0 Å². The van der Waals surface area contributed by atoms with Gasteiger partial charge in [0.25, 0.3) is 11.7 Å². The van der Waals surface area contributed by atoms with Gasteiger partial charge in [0.15, 0.2) is 5.79 Å². The molecule has 0 unspecified atom stereocenters. The molecule has 6 heterocycles. The van der Waals surface area contributed by atoms with E-state index in [4.69, 9.17) is 33.4 Å². The first-order valence-electron chi connectivity index (χ1n) is 23.3. The fourth-order valence-corrected chi connectivity index (χ4v) is 10.5. The van der Waals surface area contributed by atoms with Crippen LogP contribution in [0.1, 0.15) is 120 Å². The van der Waals surface area contributed by atoms with E-state index in [9.17, 15) is 34.2 Å². The molecule has 17 nitrogen and oxygen atoms in total. The Balaban J connectivity index is 1.36. The highest BCUT2D eigenvalue weighted by molar-refractivity contribution is 6.34. The van der Waals surface area contributed by atoms with Crippen LogP contribution in [0, 0.1) is 36.5 Å². The van der Waals surface area contributed by atoms with Crippen LogP contribution in [-0.4, -0.2) is 119 Å². The molecule has 0 saturated carbocycles. The Morgan fingerprint density at radius 3 is 2.25 bits per heavy atom. The van der Waals surface area contributed by atoms with Crippen LogP contribution in [0.5, 0.6) is 11.5 Å². The first-order valence-corrected chi connectivity index (χ1v) is 23.3. The number of aromatic hydroxyl groups is 1. The Bertz CT molecular complexity index is 2370. The quantitative estimate of drug-likeness (QED) is 0.194. The topological polar surface area (TPSA) is 221 Å². The number of hydrogen-bond donors (Lipinski definition) is 4. The number of esters is 1. The molecule has 2 saturated heterocycles. The Kier molecular flexibility index (Phi) is 13.8. The number of carboxylic acids is 1. The predicted molar refractivity (Wildman–Crippen MR) is 245 cm³/mol. The summed E-state index contributed by atoms with van der Waals surface area (Å²) in [6, 6.07) is 0. The summed E-state index contributed by atoms with van der Waals surface area (Å²) in [4.78, 5) is 76.2. The van der Waals surface area contributed by atoms with Gasteiger partial charge < -0.3 is 54.2 Å². The smallest absolute Gasteiger partial charge is 0.317 e. The van der Waals surface area contributed by atoms with E-state index in [0.717, 1.165) is 6.54 Å². The van der Waals surface area contributed by atoms with Crippen LogP contribution in [-0.2, 0) is 38.1 Å². The van der Waals surface area contributed by atoms with Gasteiger partial charge in [-0.2, -0.15) is 0 Å². The molecule has 7 bridgehead atoms. The lowest BCUT2D eigenvalue weighted by Crippen LogP contribution is -2.56. The standard InChI is InChI=1S/C50H66N4O13/c1-24(2)23-54-19-17-50(18-20-54)52-37-34-35-40(58)28(6)45-36(34)46(60)49(11,67-45)63-21-16-31(62-12)27(5)43(64-33(57)22-32(55)56)30(8)44-29(7)42(65-48(9,10)66-44)25(3)14-13-15-26(4)47(61)51-39(41(35)59)38(37)53-50/h13-16,21,24-25,27,29-31,42-44,53,58H,17-20,22-23H2,1-12H3,(H,51,61)(H,55,56)/b14-13+,21-16+,26-15-/t25-,27+,29+,30-,31-,42-,43+,44+,49-/m0/s1. The van der Waals surface area contributed by atoms with Crippen molar-refractivity contribution in [2.45, 2.75) is 137 Å². The minimum atomic E-state index is -2.01. The zero-order chi connectivity index (χ0) is 49.1. The average molecular weight is 931 g/mol. The maximum atomic E-state index is 14.9. The largest absolute Gasteiger partial charge is 0.507 e. The van der Waals surface area contributed by atoms with Gasteiger partial charge in [-0.15, -0.1) is 0 Å². The van der Waals surface area contributed by atoms with Gasteiger partial charge in [0.2, 0.25) is 5.78 Å².